The van der Waals surface area contributed by atoms with Crippen molar-refractivity contribution in [3.05, 3.63) is 22.8 Å². The summed E-state index contributed by atoms with van der Waals surface area (Å²) in [5, 5.41) is 20.7. The average Bonchev–Trinajstić information content (AvgIpc) is 2.99. The highest BCUT2D eigenvalue weighted by atomic mass is 16.4. The Morgan fingerprint density at radius 2 is 1.70 bits per heavy atom. The summed E-state index contributed by atoms with van der Waals surface area (Å²) >= 11 is 0. The van der Waals surface area contributed by atoms with Crippen molar-refractivity contribution in [2.45, 2.75) is 93.1 Å². The van der Waals surface area contributed by atoms with Crippen LogP contribution < -0.4 is 0 Å². The molecular formula is C30H40O7. The van der Waals surface area contributed by atoms with Crippen molar-refractivity contribution in [3.63, 3.8) is 0 Å². The summed E-state index contributed by atoms with van der Waals surface area (Å²) in [4.78, 5) is 64.5. The van der Waals surface area contributed by atoms with Crippen LogP contribution in [0.15, 0.2) is 22.8 Å². The highest BCUT2D eigenvalue weighted by Crippen LogP contribution is 2.70. The first-order valence-corrected chi connectivity index (χ1v) is 13.4. The fourth-order valence-electron chi connectivity index (χ4n) is 8.51. The lowest BCUT2D eigenvalue weighted by Crippen LogP contribution is -2.59. The fraction of sp³-hybridized carbons (Fsp3) is 0.700. The van der Waals surface area contributed by atoms with Crippen LogP contribution in [0.3, 0.4) is 0 Å². The Morgan fingerprint density at radius 1 is 1.08 bits per heavy atom. The van der Waals surface area contributed by atoms with E-state index in [2.05, 4.69) is 0 Å². The van der Waals surface area contributed by atoms with E-state index in [1.165, 1.54) is 13.0 Å². The van der Waals surface area contributed by atoms with Crippen LogP contribution >= 0.6 is 0 Å². The number of aliphatic hydroxyl groups excluding tert-OH is 1. The maximum absolute atomic E-state index is 14.0. The van der Waals surface area contributed by atoms with E-state index in [1.807, 2.05) is 34.6 Å². The monoisotopic (exact) mass is 512 g/mol. The van der Waals surface area contributed by atoms with Gasteiger partial charge in [-0.2, -0.15) is 0 Å². The van der Waals surface area contributed by atoms with Crippen molar-refractivity contribution < 1.29 is 34.2 Å². The maximum Gasteiger partial charge on any atom is 0.306 e. The number of aliphatic carboxylic acids is 1. The molecule has 0 spiro atoms. The molecule has 0 aromatic carbocycles. The quantitative estimate of drug-likeness (QED) is 0.527. The number of aliphatic hydroxyl groups is 1. The number of fused-ring (bicyclic) bond motifs is 4. The molecule has 0 aromatic rings. The van der Waals surface area contributed by atoms with Crippen LogP contribution in [0.5, 0.6) is 0 Å². The van der Waals surface area contributed by atoms with Crippen molar-refractivity contribution in [2.24, 2.45) is 39.4 Å². The lowest BCUT2D eigenvalue weighted by molar-refractivity contribution is -0.146. The molecule has 0 aromatic heterocycles. The van der Waals surface area contributed by atoms with Crippen LogP contribution in [0.25, 0.3) is 0 Å². The van der Waals surface area contributed by atoms with Gasteiger partial charge in [-0.3, -0.25) is 24.0 Å². The van der Waals surface area contributed by atoms with Gasteiger partial charge in [0.05, 0.1) is 17.4 Å². The Balaban J connectivity index is 1.81. The van der Waals surface area contributed by atoms with E-state index in [0.29, 0.717) is 36.0 Å². The molecule has 7 heteroatoms. The summed E-state index contributed by atoms with van der Waals surface area (Å²) in [7, 11) is 0. The predicted molar refractivity (Wildman–Crippen MR) is 136 cm³/mol. The van der Waals surface area contributed by atoms with Gasteiger partial charge in [-0.05, 0) is 55.6 Å². The van der Waals surface area contributed by atoms with Gasteiger partial charge in [0.25, 0.3) is 0 Å². The minimum atomic E-state index is -1.08. The van der Waals surface area contributed by atoms with E-state index in [0.717, 1.165) is 0 Å². The maximum atomic E-state index is 14.0. The lowest BCUT2D eigenvalue weighted by Gasteiger charge is -2.60. The number of carboxylic acids is 1. The largest absolute Gasteiger partial charge is 0.481 e. The molecule has 0 radical (unpaired) electrons. The standard InChI is InChI=1S/C30H40O7/c1-15(10-17(31)11-16(2)26(36)37)18-12-23(35)30(7)25-19(32)13-21-27(3,4)22(34)8-9-28(21,5)24(25)20(33)14-29(18,30)6/h10,16,18-19,21,32H,8-9,11-14H2,1-7H3,(H,36,37)/b15-10-. The number of hydrogen-bond acceptors (Lipinski definition) is 6. The molecule has 4 aliphatic rings. The fourth-order valence-corrected chi connectivity index (χ4v) is 8.51. The van der Waals surface area contributed by atoms with Crippen LogP contribution in [-0.4, -0.2) is 45.4 Å². The second-order valence-electron chi connectivity index (χ2n) is 13.3. The molecule has 2 fully saturated rings. The molecule has 4 aliphatic carbocycles. The van der Waals surface area contributed by atoms with Crippen molar-refractivity contribution in [2.75, 3.05) is 0 Å². The van der Waals surface area contributed by atoms with Gasteiger partial charge >= 0.3 is 5.97 Å². The van der Waals surface area contributed by atoms with Crippen LogP contribution in [-0.2, 0) is 24.0 Å². The summed E-state index contributed by atoms with van der Waals surface area (Å²) in [6.45, 7) is 12.9. The molecule has 7 nitrogen and oxygen atoms in total. The highest BCUT2D eigenvalue weighted by Gasteiger charge is 2.70. The van der Waals surface area contributed by atoms with Gasteiger partial charge in [0.15, 0.2) is 11.6 Å². The third kappa shape index (κ3) is 3.67. The summed E-state index contributed by atoms with van der Waals surface area (Å²) in [5.74, 6) is -2.74. The van der Waals surface area contributed by atoms with E-state index < -0.39 is 39.7 Å². The molecular weight excluding hydrogens is 472 g/mol. The predicted octanol–water partition coefficient (Wildman–Crippen LogP) is 4.26. The summed E-state index contributed by atoms with van der Waals surface area (Å²) in [5.41, 5.74) is -1.43. The number of hydrogen-bond donors (Lipinski definition) is 2. The third-order valence-electron chi connectivity index (χ3n) is 10.9. The normalized spacial score (nSPS) is 40.2. The van der Waals surface area contributed by atoms with Crippen LogP contribution in [0.2, 0.25) is 0 Å². The molecule has 7 unspecified atom stereocenters. The Morgan fingerprint density at radius 3 is 2.30 bits per heavy atom. The van der Waals surface area contributed by atoms with Crippen molar-refractivity contribution >= 4 is 29.1 Å². The van der Waals surface area contributed by atoms with Crippen molar-refractivity contribution in [1.29, 1.82) is 0 Å². The Kier molecular flexibility index (Phi) is 6.38. The average molecular weight is 513 g/mol. The Bertz CT molecular complexity index is 1170. The minimum absolute atomic E-state index is 0.0497. The zero-order valence-corrected chi connectivity index (χ0v) is 23.1. The third-order valence-corrected chi connectivity index (χ3v) is 10.9. The SMILES string of the molecule is C/C(=C/C(=O)CC(C)C(=O)O)C1CC(=O)C2(C)C3=C(C(=O)CC12C)C1(C)CCC(=O)C(C)(C)C1CC3O. The van der Waals surface area contributed by atoms with Gasteiger partial charge in [0.1, 0.15) is 11.6 Å². The molecule has 0 aliphatic heterocycles. The van der Waals surface area contributed by atoms with E-state index in [4.69, 9.17) is 5.11 Å². The number of ketones is 4. The van der Waals surface area contributed by atoms with Gasteiger partial charge in [0, 0.05) is 42.1 Å². The number of carbonyl (C=O) groups excluding carboxylic acids is 4. The first kappa shape index (κ1) is 27.6. The molecule has 0 heterocycles. The molecule has 4 rings (SSSR count). The smallest absolute Gasteiger partial charge is 0.306 e. The first-order valence-electron chi connectivity index (χ1n) is 13.4. The molecule has 0 saturated heterocycles. The van der Waals surface area contributed by atoms with Crippen LogP contribution in [0.1, 0.15) is 87.0 Å². The zero-order valence-electron chi connectivity index (χ0n) is 23.1. The number of allylic oxidation sites excluding steroid dienone is 3. The van der Waals surface area contributed by atoms with Gasteiger partial charge in [0.2, 0.25) is 0 Å². The molecule has 37 heavy (non-hydrogen) atoms. The van der Waals surface area contributed by atoms with Crippen molar-refractivity contribution in [1.82, 2.24) is 0 Å². The van der Waals surface area contributed by atoms with Gasteiger partial charge in [-0.25, -0.2) is 0 Å². The molecule has 0 amide bonds. The number of rotatable bonds is 5. The van der Waals surface area contributed by atoms with Gasteiger partial charge < -0.3 is 10.2 Å². The minimum Gasteiger partial charge on any atom is -0.481 e. The van der Waals surface area contributed by atoms with E-state index in [9.17, 15) is 29.1 Å². The summed E-state index contributed by atoms with van der Waals surface area (Å²) < 4.78 is 0. The lowest BCUT2D eigenvalue weighted by atomic mass is 9.42. The van der Waals surface area contributed by atoms with Gasteiger partial charge in [-0.1, -0.05) is 40.2 Å². The molecule has 2 N–H and O–H groups in total. The molecule has 202 valence electrons. The topological polar surface area (TPSA) is 126 Å². The van der Waals surface area contributed by atoms with E-state index >= 15 is 0 Å². The highest BCUT2D eigenvalue weighted by molar-refractivity contribution is 6.06. The number of carboxylic acid groups (broad SMARTS) is 1. The number of carbonyl (C=O) groups is 5. The molecule has 2 saturated carbocycles. The van der Waals surface area contributed by atoms with Crippen LogP contribution in [0.4, 0.5) is 0 Å². The first-order chi connectivity index (χ1) is 16.9. The Hall–Kier alpha value is -2.41. The summed E-state index contributed by atoms with van der Waals surface area (Å²) in [6.07, 6.45) is 1.78. The van der Waals surface area contributed by atoms with Crippen LogP contribution in [0, 0.1) is 39.4 Å². The Labute approximate surface area is 218 Å². The van der Waals surface area contributed by atoms with Gasteiger partial charge in [-0.15, -0.1) is 0 Å². The van der Waals surface area contributed by atoms with E-state index in [-0.39, 0.29) is 54.2 Å². The zero-order chi connectivity index (χ0) is 27.9. The van der Waals surface area contributed by atoms with Crippen molar-refractivity contribution in [3.8, 4) is 0 Å². The van der Waals surface area contributed by atoms with E-state index in [1.54, 1.807) is 6.92 Å². The second-order valence-corrected chi connectivity index (χ2v) is 13.3. The number of Topliss-reactive ketones (excluding diaryl/α,β-unsaturated/α-hetero) is 3. The molecule has 0 bridgehead atoms. The second kappa shape index (κ2) is 8.55. The summed E-state index contributed by atoms with van der Waals surface area (Å²) in [6, 6.07) is 0. The molecule has 7 atom stereocenters.